The second-order valence-electron chi connectivity index (χ2n) is 7.32. The van der Waals surface area contributed by atoms with Crippen LogP contribution in [0.1, 0.15) is 34.6 Å². The van der Waals surface area contributed by atoms with Crippen molar-refractivity contribution < 1.29 is 13.2 Å². The predicted octanol–water partition coefficient (Wildman–Crippen LogP) is 3.77. The summed E-state index contributed by atoms with van der Waals surface area (Å²) < 4.78 is 24.7. The molecule has 0 bridgehead atoms. The number of thioether (sulfide) groups is 1. The monoisotopic (exact) mass is 466 g/mol. The van der Waals surface area contributed by atoms with Gasteiger partial charge >= 0.3 is 0 Å². The van der Waals surface area contributed by atoms with Crippen LogP contribution >= 0.6 is 11.8 Å². The van der Waals surface area contributed by atoms with Gasteiger partial charge in [-0.3, -0.25) is 4.79 Å². The van der Waals surface area contributed by atoms with Gasteiger partial charge in [-0.15, -0.1) is 11.8 Å². The van der Waals surface area contributed by atoms with Crippen molar-refractivity contribution in [2.75, 3.05) is 0 Å². The first-order valence-corrected chi connectivity index (χ1v) is 12.4. The number of nitrogens with zero attached hydrogens (tertiary/aromatic N) is 2. The first-order chi connectivity index (χ1) is 15.3. The van der Waals surface area contributed by atoms with Gasteiger partial charge < -0.3 is 9.72 Å². The van der Waals surface area contributed by atoms with Gasteiger partial charge in [0, 0.05) is 28.6 Å². The van der Waals surface area contributed by atoms with Crippen LogP contribution < -0.4 is 10.5 Å². The van der Waals surface area contributed by atoms with E-state index in [-0.39, 0.29) is 16.8 Å². The molecule has 164 valence electrons. The zero-order valence-electron chi connectivity index (χ0n) is 17.3. The first-order valence-electron chi connectivity index (χ1n) is 9.89. The average Bonchev–Trinajstić information content (AvgIpc) is 3.20. The van der Waals surface area contributed by atoms with Crippen LogP contribution in [0.25, 0.3) is 5.65 Å². The van der Waals surface area contributed by atoms with E-state index in [2.05, 4.69) is 10.3 Å². The van der Waals surface area contributed by atoms with Crippen LogP contribution in [-0.2, 0) is 15.8 Å². The lowest BCUT2D eigenvalue weighted by atomic mass is 10.1. The number of pyridine rings is 1. The van der Waals surface area contributed by atoms with Crippen molar-refractivity contribution in [1.82, 2.24) is 14.7 Å². The van der Waals surface area contributed by atoms with Crippen LogP contribution in [0.15, 0.2) is 88.9 Å². The Morgan fingerprint density at radius 2 is 1.81 bits per heavy atom. The number of amides is 1. The highest BCUT2D eigenvalue weighted by Crippen LogP contribution is 2.23. The molecule has 2 aromatic carbocycles. The number of hydrogen-bond acceptors (Lipinski definition) is 5. The largest absolute Gasteiger partial charge is 0.346 e. The van der Waals surface area contributed by atoms with Gasteiger partial charge in [-0.2, -0.15) is 0 Å². The summed E-state index contributed by atoms with van der Waals surface area (Å²) in [6.45, 7) is 1.84. The number of carbonyl (C=O) groups excluding carboxylic acids is 1. The summed E-state index contributed by atoms with van der Waals surface area (Å²) in [6.07, 6.45) is 3.99. The maximum Gasteiger partial charge on any atom is 0.251 e. The summed E-state index contributed by atoms with van der Waals surface area (Å²) in [6, 6.07) is 19.2. The van der Waals surface area contributed by atoms with Crippen molar-refractivity contribution in [1.29, 1.82) is 0 Å². The fourth-order valence-corrected chi connectivity index (χ4v) is 4.52. The van der Waals surface area contributed by atoms with Gasteiger partial charge in [-0.05, 0) is 61.0 Å². The lowest BCUT2D eigenvalue weighted by molar-refractivity contribution is 0.0940. The van der Waals surface area contributed by atoms with Gasteiger partial charge in [-0.25, -0.2) is 18.5 Å². The third-order valence-electron chi connectivity index (χ3n) is 4.97. The molecule has 3 N–H and O–H groups in total. The van der Waals surface area contributed by atoms with Gasteiger partial charge in [-0.1, -0.05) is 18.2 Å². The Morgan fingerprint density at radius 3 is 2.47 bits per heavy atom. The van der Waals surface area contributed by atoms with E-state index in [0.29, 0.717) is 5.56 Å². The lowest BCUT2D eigenvalue weighted by Crippen LogP contribution is -2.26. The first kappa shape index (κ1) is 22.1. The molecule has 1 unspecified atom stereocenters. The van der Waals surface area contributed by atoms with Gasteiger partial charge in [0.25, 0.3) is 5.91 Å². The molecule has 32 heavy (non-hydrogen) atoms. The highest BCUT2D eigenvalue weighted by Gasteiger charge is 2.13. The zero-order valence-corrected chi connectivity index (χ0v) is 18.9. The number of nitrogens with two attached hydrogens (primary N) is 1. The van der Waals surface area contributed by atoms with Crippen LogP contribution in [0, 0.1) is 0 Å². The second-order valence-corrected chi connectivity index (χ2v) is 9.93. The third-order valence-corrected chi connectivity index (χ3v) is 6.95. The summed E-state index contributed by atoms with van der Waals surface area (Å²) in [5.41, 5.74) is 3.24. The Bertz CT molecular complexity index is 1320. The topological polar surface area (TPSA) is 107 Å². The van der Waals surface area contributed by atoms with Crippen molar-refractivity contribution in [2.45, 2.75) is 28.5 Å². The second kappa shape index (κ2) is 9.15. The Morgan fingerprint density at radius 1 is 1.09 bits per heavy atom. The summed E-state index contributed by atoms with van der Waals surface area (Å²) >= 11 is 1.66. The molecule has 0 spiro atoms. The molecule has 0 aliphatic heterocycles. The number of carbonyl (C=O) groups is 1. The van der Waals surface area contributed by atoms with Crippen LogP contribution in [0.5, 0.6) is 0 Å². The average molecular weight is 467 g/mol. The Hall–Kier alpha value is -3.14. The molecule has 2 heterocycles. The van der Waals surface area contributed by atoms with Crippen LogP contribution in [0.4, 0.5) is 0 Å². The van der Waals surface area contributed by atoms with E-state index in [4.69, 9.17) is 5.14 Å². The number of fused-ring (bicyclic) bond motifs is 1. The van der Waals surface area contributed by atoms with Crippen molar-refractivity contribution in [2.24, 2.45) is 5.14 Å². The number of primary sulfonamides is 1. The Labute approximate surface area is 190 Å². The highest BCUT2D eigenvalue weighted by molar-refractivity contribution is 7.98. The summed E-state index contributed by atoms with van der Waals surface area (Å²) in [5.74, 6) is 0.531. The van der Waals surface area contributed by atoms with Gasteiger partial charge in [0.05, 0.1) is 16.6 Å². The molecule has 0 aliphatic carbocycles. The van der Waals surface area contributed by atoms with Gasteiger partial charge in [0.15, 0.2) is 0 Å². The van der Waals surface area contributed by atoms with E-state index in [1.165, 1.54) is 12.1 Å². The van der Waals surface area contributed by atoms with Gasteiger partial charge in [0.2, 0.25) is 10.0 Å². The van der Waals surface area contributed by atoms with Crippen molar-refractivity contribution in [3.05, 3.63) is 95.9 Å². The minimum atomic E-state index is -3.74. The number of nitrogens with one attached hydrogen (secondary N) is 1. The molecule has 0 saturated heterocycles. The maximum absolute atomic E-state index is 12.6. The minimum Gasteiger partial charge on any atom is -0.346 e. The molecule has 0 saturated carbocycles. The number of imidazole rings is 1. The number of sulfonamides is 1. The molecule has 4 aromatic rings. The van der Waals surface area contributed by atoms with E-state index < -0.39 is 10.0 Å². The van der Waals surface area contributed by atoms with Crippen molar-refractivity contribution in [3.8, 4) is 0 Å². The Kier molecular flexibility index (Phi) is 6.31. The summed E-state index contributed by atoms with van der Waals surface area (Å²) in [4.78, 5) is 18.3. The molecule has 0 fully saturated rings. The van der Waals surface area contributed by atoms with Crippen LogP contribution in [0.3, 0.4) is 0 Å². The predicted molar refractivity (Wildman–Crippen MR) is 125 cm³/mol. The van der Waals surface area contributed by atoms with E-state index in [0.717, 1.165) is 27.6 Å². The van der Waals surface area contributed by atoms with Crippen LogP contribution in [0.2, 0.25) is 0 Å². The van der Waals surface area contributed by atoms with Gasteiger partial charge in [0.1, 0.15) is 5.65 Å². The maximum atomic E-state index is 12.6. The van der Waals surface area contributed by atoms with E-state index in [1.807, 2.05) is 54.0 Å². The van der Waals surface area contributed by atoms with E-state index in [9.17, 15) is 13.2 Å². The number of aromatic nitrogens is 2. The standard InChI is InChI=1S/C23H22N4O3S2/c1-16(17-7-11-21(12-8-17)32(24,29)30)25-23(28)18-5-9-20(10-6-18)31-15-19-14-27-13-3-2-4-22(27)26-19/h2-14,16H,15H2,1H3,(H,25,28)(H2,24,29,30). The Balaban J connectivity index is 1.35. The summed E-state index contributed by atoms with van der Waals surface area (Å²) in [5, 5.41) is 8.04. The molecule has 1 atom stereocenters. The normalized spacial score (nSPS) is 12.6. The minimum absolute atomic E-state index is 0.0384. The van der Waals surface area contributed by atoms with Crippen LogP contribution in [-0.4, -0.2) is 23.7 Å². The number of benzene rings is 2. The molecule has 1 amide bonds. The van der Waals surface area contributed by atoms with E-state index in [1.54, 1.807) is 36.0 Å². The summed E-state index contributed by atoms with van der Waals surface area (Å²) in [7, 11) is -3.74. The zero-order chi connectivity index (χ0) is 22.7. The van der Waals surface area contributed by atoms with Crippen molar-refractivity contribution >= 4 is 33.3 Å². The van der Waals surface area contributed by atoms with E-state index >= 15 is 0 Å². The lowest BCUT2D eigenvalue weighted by Gasteiger charge is -2.15. The molecular weight excluding hydrogens is 444 g/mol. The fourth-order valence-electron chi connectivity index (χ4n) is 3.23. The molecule has 9 heteroatoms. The highest BCUT2D eigenvalue weighted by atomic mass is 32.2. The molecule has 4 rings (SSSR count). The molecule has 0 radical (unpaired) electrons. The van der Waals surface area contributed by atoms with Crippen molar-refractivity contribution in [3.63, 3.8) is 0 Å². The SMILES string of the molecule is CC(NC(=O)c1ccc(SCc2cn3ccccc3n2)cc1)c1ccc(S(N)(=O)=O)cc1. The third kappa shape index (κ3) is 5.18. The molecule has 7 nitrogen and oxygen atoms in total. The smallest absolute Gasteiger partial charge is 0.251 e. The quantitative estimate of drug-likeness (QED) is 0.403. The number of rotatable bonds is 7. The number of hydrogen-bond donors (Lipinski definition) is 2. The molecule has 0 aliphatic rings. The molecule has 2 aromatic heterocycles. The fraction of sp³-hybridized carbons (Fsp3) is 0.130. The molecular formula is C23H22N4O3S2.